The minimum absolute atomic E-state index is 0. The average molecular weight is 341 g/mol. The quantitative estimate of drug-likeness (QED) is 0.366. The summed E-state index contributed by atoms with van der Waals surface area (Å²) in [6, 6.07) is 0. The maximum atomic E-state index is 5.89. The first-order valence-corrected chi connectivity index (χ1v) is 5.82. The van der Waals surface area contributed by atoms with Gasteiger partial charge in [-0.2, -0.15) is 0 Å². The number of nitrogens with two attached hydrogens (primary N) is 1. The molecule has 2 N–H and O–H groups in total. The van der Waals surface area contributed by atoms with Gasteiger partial charge >= 0.3 is 0 Å². The number of rotatable bonds is 4. The summed E-state index contributed by atoms with van der Waals surface area (Å²) in [6.45, 7) is 8.59. The van der Waals surface area contributed by atoms with E-state index < -0.39 is 0 Å². The Morgan fingerprint density at radius 1 is 1.38 bits per heavy atom. The van der Waals surface area contributed by atoms with Crippen LogP contribution in [0.25, 0.3) is 0 Å². The standard InChI is InChI=1S/C11H23N3O.HI/c1-10(2)4-3-5-13-11(12)14-6-8-15-9-7-14;/h10H,3-9H2,1-2H3,(H2,12,13);1H. The van der Waals surface area contributed by atoms with Gasteiger partial charge in [0.1, 0.15) is 0 Å². The molecule has 0 bridgehead atoms. The van der Waals surface area contributed by atoms with Crippen LogP contribution in [0.3, 0.4) is 0 Å². The average Bonchev–Trinajstić information content (AvgIpc) is 2.25. The van der Waals surface area contributed by atoms with Crippen LogP contribution in [-0.2, 0) is 4.74 Å². The van der Waals surface area contributed by atoms with Crippen molar-refractivity contribution < 1.29 is 4.74 Å². The molecule has 5 heteroatoms. The van der Waals surface area contributed by atoms with Gasteiger partial charge in [0.15, 0.2) is 5.96 Å². The van der Waals surface area contributed by atoms with Crippen LogP contribution in [0, 0.1) is 5.92 Å². The Labute approximate surface area is 116 Å². The molecule has 1 aliphatic heterocycles. The van der Waals surface area contributed by atoms with Crippen LogP contribution in [0.5, 0.6) is 0 Å². The number of morpholine rings is 1. The predicted molar refractivity (Wildman–Crippen MR) is 78.4 cm³/mol. The van der Waals surface area contributed by atoms with Crippen LogP contribution in [0.1, 0.15) is 26.7 Å². The molecule has 1 saturated heterocycles. The third kappa shape index (κ3) is 6.52. The number of guanidine groups is 1. The van der Waals surface area contributed by atoms with Crippen molar-refractivity contribution >= 4 is 29.9 Å². The fraction of sp³-hybridized carbons (Fsp3) is 0.909. The Bertz CT molecular complexity index is 203. The summed E-state index contributed by atoms with van der Waals surface area (Å²) in [7, 11) is 0. The molecule has 0 aromatic carbocycles. The summed E-state index contributed by atoms with van der Waals surface area (Å²) in [6.07, 6.45) is 2.35. The van der Waals surface area contributed by atoms with E-state index in [4.69, 9.17) is 10.5 Å². The van der Waals surface area contributed by atoms with E-state index in [0.29, 0.717) is 5.96 Å². The predicted octanol–water partition coefficient (Wildman–Crippen LogP) is 1.69. The van der Waals surface area contributed by atoms with E-state index in [0.717, 1.165) is 45.2 Å². The van der Waals surface area contributed by atoms with Gasteiger partial charge in [0.25, 0.3) is 0 Å². The molecule has 96 valence electrons. The SMILES string of the molecule is CC(C)CCCN=C(N)N1CCOCC1.I. The number of ether oxygens (including phenoxy) is 1. The molecule has 4 nitrogen and oxygen atoms in total. The van der Waals surface area contributed by atoms with Crippen molar-refractivity contribution in [2.45, 2.75) is 26.7 Å². The maximum absolute atomic E-state index is 5.89. The van der Waals surface area contributed by atoms with Gasteiger partial charge in [-0.05, 0) is 18.8 Å². The summed E-state index contributed by atoms with van der Waals surface area (Å²) in [5.41, 5.74) is 5.89. The van der Waals surface area contributed by atoms with Gasteiger partial charge in [-0.1, -0.05) is 13.8 Å². The molecule has 0 atom stereocenters. The molecule has 0 spiro atoms. The smallest absolute Gasteiger partial charge is 0.191 e. The van der Waals surface area contributed by atoms with E-state index in [1.165, 1.54) is 6.42 Å². The Balaban J connectivity index is 0.00000225. The first kappa shape index (κ1) is 16.0. The van der Waals surface area contributed by atoms with Crippen molar-refractivity contribution in [1.29, 1.82) is 0 Å². The highest BCUT2D eigenvalue weighted by Crippen LogP contribution is 2.03. The zero-order valence-electron chi connectivity index (χ0n) is 10.3. The Morgan fingerprint density at radius 2 is 2.00 bits per heavy atom. The number of hydrogen-bond donors (Lipinski definition) is 1. The van der Waals surface area contributed by atoms with Crippen molar-refractivity contribution in [2.75, 3.05) is 32.8 Å². The molecule has 0 amide bonds. The third-order valence-electron chi connectivity index (χ3n) is 2.55. The molecule has 1 aliphatic rings. The maximum Gasteiger partial charge on any atom is 0.191 e. The van der Waals surface area contributed by atoms with Gasteiger partial charge in [0.2, 0.25) is 0 Å². The number of nitrogens with zero attached hydrogens (tertiary/aromatic N) is 2. The first-order chi connectivity index (χ1) is 7.20. The summed E-state index contributed by atoms with van der Waals surface area (Å²) in [5, 5.41) is 0. The van der Waals surface area contributed by atoms with E-state index in [1.807, 2.05) is 0 Å². The third-order valence-corrected chi connectivity index (χ3v) is 2.55. The summed E-state index contributed by atoms with van der Waals surface area (Å²) in [5.74, 6) is 1.44. The zero-order valence-corrected chi connectivity index (χ0v) is 12.6. The van der Waals surface area contributed by atoms with E-state index in [2.05, 4.69) is 23.7 Å². The second kappa shape index (κ2) is 9.04. The van der Waals surface area contributed by atoms with E-state index in [9.17, 15) is 0 Å². The fourth-order valence-electron chi connectivity index (χ4n) is 1.59. The van der Waals surface area contributed by atoms with Gasteiger partial charge in [0, 0.05) is 19.6 Å². The second-order valence-corrected chi connectivity index (χ2v) is 4.38. The van der Waals surface area contributed by atoms with E-state index >= 15 is 0 Å². The molecule has 16 heavy (non-hydrogen) atoms. The minimum atomic E-state index is 0. The monoisotopic (exact) mass is 341 g/mol. The van der Waals surface area contributed by atoms with Crippen LogP contribution in [-0.4, -0.2) is 43.7 Å². The lowest BCUT2D eigenvalue weighted by atomic mass is 10.1. The molecule has 1 rings (SSSR count). The van der Waals surface area contributed by atoms with Gasteiger partial charge in [0.05, 0.1) is 13.2 Å². The normalized spacial score (nSPS) is 17.4. The molecular weight excluding hydrogens is 317 g/mol. The van der Waals surface area contributed by atoms with Gasteiger partial charge in [-0.25, -0.2) is 0 Å². The van der Waals surface area contributed by atoms with Crippen molar-refractivity contribution in [3.8, 4) is 0 Å². The van der Waals surface area contributed by atoms with Crippen LogP contribution in [0.15, 0.2) is 4.99 Å². The lowest BCUT2D eigenvalue weighted by Gasteiger charge is -2.27. The fourth-order valence-corrected chi connectivity index (χ4v) is 1.59. The molecular formula is C11H24IN3O. The summed E-state index contributed by atoms with van der Waals surface area (Å²) in [4.78, 5) is 6.48. The molecule has 0 radical (unpaired) electrons. The molecule has 0 saturated carbocycles. The largest absolute Gasteiger partial charge is 0.378 e. The summed E-state index contributed by atoms with van der Waals surface area (Å²) < 4.78 is 5.25. The molecule has 1 heterocycles. The summed E-state index contributed by atoms with van der Waals surface area (Å²) >= 11 is 0. The number of aliphatic imine (C=N–C) groups is 1. The molecule has 0 aromatic rings. The Kier molecular flexibility index (Phi) is 9.02. The van der Waals surface area contributed by atoms with Crippen molar-refractivity contribution in [3.63, 3.8) is 0 Å². The van der Waals surface area contributed by atoms with Crippen molar-refractivity contribution in [1.82, 2.24) is 4.90 Å². The van der Waals surface area contributed by atoms with Gasteiger partial charge in [-0.3, -0.25) is 4.99 Å². The molecule has 0 aromatic heterocycles. The zero-order chi connectivity index (χ0) is 11.1. The van der Waals surface area contributed by atoms with E-state index in [-0.39, 0.29) is 24.0 Å². The molecule has 0 aliphatic carbocycles. The van der Waals surface area contributed by atoms with Gasteiger partial charge < -0.3 is 15.4 Å². The lowest BCUT2D eigenvalue weighted by Crippen LogP contribution is -2.44. The van der Waals surface area contributed by atoms with Crippen LogP contribution in [0.4, 0.5) is 0 Å². The molecule has 1 fully saturated rings. The topological polar surface area (TPSA) is 50.8 Å². The lowest BCUT2D eigenvalue weighted by molar-refractivity contribution is 0.0674. The highest BCUT2D eigenvalue weighted by Gasteiger charge is 2.11. The van der Waals surface area contributed by atoms with Crippen LogP contribution >= 0.6 is 24.0 Å². The van der Waals surface area contributed by atoms with Gasteiger partial charge in [-0.15, -0.1) is 24.0 Å². The number of halogens is 1. The van der Waals surface area contributed by atoms with Crippen molar-refractivity contribution in [3.05, 3.63) is 0 Å². The number of hydrogen-bond acceptors (Lipinski definition) is 2. The molecule has 0 unspecified atom stereocenters. The highest BCUT2D eigenvalue weighted by atomic mass is 127. The van der Waals surface area contributed by atoms with E-state index in [1.54, 1.807) is 0 Å². The first-order valence-electron chi connectivity index (χ1n) is 5.82. The minimum Gasteiger partial charge on any atom is -0.378 e. The Hall–Kier alpha value is -0.0400. The highest BCUT2D eigenvalue weighted by molar-refractivity contribution is 14.0. The van der Waals surface area contributed by atoms with Crippen LogP contribution < -0.4 is 5.73 Å². The second-order valence-electron chi connectivity index (χ2n) is 4.38. The Morgan fingerprint density at radius 3 is 2.56 bits per heavy atom. The van der Waals surface area contributed by atoms with Crippen molar-refractivity contribution in [2.24, 2.45) is 16.6 Å². The van der Waals surface area contributed by atoms with Crippen LogP contribution in [0.2, 0.25) is 0 Å².